The maximum Gasteiger partial charge on any atom is 0.261 e. The van der Waals surface area contributed by atoms with Gasteiger partial charge in [0.05, 0.1) is 11.2 Å². The number of nitrogens with zero attached hydrogens (tertiary/aromatic N) is 3. The number of hydrogen-bond donors (Lipinski definition) is 1. The Labute approximate surface area is 107 Å². The van der Waals surface area contributed by atoms with Gasteiger partial charge in [0.15, 0.2) is 5.03 Å². The fourth-order valence-electron chi connectivity index (χ4n) is 1.44. The van der Waals surface area contributed by atoms with E-state index in [1.165, 1.54) is 22.2 Å². The molecule has 6 nitrogen and oxygen atoms in total. The highest BCUT2D eigenvalue weighted by molar-refractivity contribution is 7.89. The molecule has 0 saturated carbocycles. The van der Waals surface area contributed by atoms with Crippen LogP contribution in [0.2, 0.25) is 5.02 Å². The van der Waals surface area contributed by atoms with E-state index in [4.69, 9.17) is 11.6 Å². The molecule has 0 spiro atoms. The van der Waals surface area contributed by atoms with Gasteiger partial charge in [0.2, 0.25) is 0 Å². The van der Waals surface area contributed by atoms with Crippen molar-refractivity contribution in [3.05, 3.63) is 11.2 Å². The molecule has 17 heavy (non-hydrogen) atoms. The lowest BCUT2D eigenvalue weighted by molar-refractivity contribution is 0.450. The smallest absolute Gasteiger partial charge is 0.261 e. The quantitative estimate of drug-likeness (QED) is 0.762. The molecular weight excluding hydrogens is 264 g/mol. The van der Waals surface area contributed by atoms with Crippen LogP contribution < -0.4 is 5.32 Å². The van der Waals surface area contributed by atoms with Crippen LogP contribution in [-0.4, -0.2) is 49.7 Å². The van der Waals surface area contributed by atoms with Crippen LogP contribution in [0.3, 0.4) is 0 Å². The zero-order valence-electron chi connectivity index (χ0n) is 10.1. The van der Waals surface area contributed by atoms with Crippen molar-refractivity contribution in [1.29, 1.82) is 0 Å². The molecule has 0 aliphatic heterocycles. The Morgan fingerprint density at radius 1 is 1.59 bits per heavy atom. The molecule has 1 heterocycles. The van der Waals surface area contributed by atoms with Gasteiger partial charge in [-0.3, -0.25) is 4.68 Å². The Morgan fingerprint density at radius 3 is 2.71 bits per heavy atom. The molecule has 0 aromatic carbocycles. The van der Waals surface area contributed by atoms with Crippen LogP contribution in [0.25, 0.3) is 0 Å². The highest BCUT2D eigenvalue weighted by Crippen LogP contribution is 2.22. The van der Waals surface area contributed by atoms with E-state index in [1.807, 2.05) is 7.05 Å². The highest BCUT2D eigenvalue weighted by Gasteiger charge is 2.26. The van der Waals surface area contributed by atoms with Crippen LogP contribution >= 0.6 is 11.6 Å². The largest absolute Gasteiger partial charge is 0.320 e. The van der Waals surface area contributed by atoms with E-state index in [0.717, 1.165) is 13.0 Å². The molecule has 98 valence electrons. The van der Waals surface area contributed by atoms with Crippen molar-refractivity contribution in [1.82, 2.24) is 19.4 Å². The van der Waals surface area contributed by atoms with Gasteiger partial charge in [-0.05, 0) is 20.0 Å². The highest BCUT2D eigenvalue weighted by atomic mass is 35.5. The van der Waals surface area contributed by atoms with Crippen LogP contribution in [0.4, 0.5) is 0 Å². The van der Waals surface area contributed by atoms with E-state index in [-0.39, 0.29) is 10.0 Å². The monoisotopic (exact) mass is 280 g/mol. The number of sulfonamides is 1. The molecule has 0 unspecified atom stereocenters. The predicted molar refractivity (Wildman–Crippen MR) is 66.6 cm³/mol. The lowest BCUT2D eigenvalue weighted by Crippen LogP contribution is -2.31. The Bertz CT molecular complexity index is 452. The molecule has 0 aliphatic rings. The molecule has 1 N–H and O–H groups in total. The Morgan fingerprint density at radius 2 is 2.24 bits per heavy atom. The lowest BCUT2D eigenvalue weighted by Gasteiger charge is -2.17. The first-order chi connectivity index (χ1) is 7.91. The van der Waals surface area contributed by atoms with Gasteiger partial charge in [-0.1, -0.05) is 11.6 Å². The van der Waals surface area contributed by atoms with Crippen molar-refractivity contribution in [2.24, 2.45) is 7.05 Å². The molecule has 0 bridgehead atoms. The molecule has 0 fully saturated rings. The summed E-state index contributed by atoms with van der Waals surface area (Å²) >= 11 is 5.83. The first kappa shape index (κ1) is 14.4. The van der Waals surface area contributed by atoms with Crippen LogP contribution in [0, 0.1) is 0 Å². The maximum absolute atomic E-state index is 12.2. The molecule has 0 saturated heterocycles. The molecule has 0 amide bonds. The average Bonchev–Trinajstić information content (AvgIpc) is 2.59. The minimum Gasteiger partial charge on any atom is -0.320 e. The molecule has 0 aliphatic carbocycles. The summed E-state index contributed by atoms with van der Waals surface area (Å²) in [5, 5.41) is 6.97. The fourth-order valence-corrected chi connectivity index (χ4v) is 3.24. The molecular formula is C9H17ClN4O2S. The summed E-state index contributed by atoms with van der Waals surface area (Å²) in [6, 6.07) is 0. The van der Waals surface area contributed by atoms with E-state index in [1.54, 1.807) is 7.05 Å². The third-order valence-corrected chi connectivity index (χ3v) is 4.76. The molecule has 1 rings (SSSR count). The van der Waals surface area contributed by atoms with Gasteiger partial charge in [0.25, 0.3) is 10.0 Å². The first-order valence-electron chi connectivity index (χ1n) is 5.19. The van der Waals surface area contributed by atoms with Crippen LogP contribution in [-0.2, 0) is 17.1 Å². The fraction of sp³-hybridized carbons (Fsp3) is 0.667. The van der Waals surface area contributed by atoms with Gasteiger partial charge < -0.3 is 5.32 Å². The van der Waals surface area contributed by atoms with Gasteiger partial charge in [-0.15, -0.1) is 0 Å². The normalized spacial score (nSPS) is 12.3. The third-order valence-electron chi connectivity index (χ3n) is 2.40. The number of nitrogens with one attached hydrogen (secondary N) is 1. The van der Waals surface area contributed by atoms with Crippen molar-refractivity contribution in [2.75, 3.05) is 27.2 Å². The minimum absolute atomic E-state index is 0.0334. The second-order valence-corrected chi connectivity index (χ2v) is 6.07. The molecule has 1 aromatic heterocycles. The molecule has 8 heteroatoms. The standard InChI is InChI=1S/C9H17ClN4O2S/c1-11-5-4-6-13(2)17(15,16)9-8(10)7-12-14(9)3/h7,11H,4-6H2,1-3H3. The van der Waals surface area contributed by atoms with E-state index in [2.05, 4.69) is 10.4 Å². The maximum atomic E-state index is 12.2. The van der Waals surface area contributed by atoms with Crippen molar-refractivity contribution in [3.8, 4) is 0 Å². The summed E-state index contributed by atoms with van der Waals surface area (Å²) in [5.74, 6) is 0. The second kappa shape index (κ2) is 5.81. The Balaban J connectivity index is 2.88. The third kappa shape index (κ3) is 3.19. The Kier molecular flexibility index (Phi) is 4.93. The van der Waals surface area contributed by atoms with Crippen molar-refractivity contribution in [3.63, 3.8) is 0 Å². The van der Waals surface area contributed by atoms with E-state index in [0.29, 0.717) is 6.54 Å². The lowest BCUT2D eigenvalue weighted by atomic mass is 10.4. The topological polar surface area (TPSA) is 67.2 Å². The number of halogens is 1. The van der Waals surface area contributed by atoms with E-state index >= 15 is 0 Å². The second-order valence-electron chi connectivity index (χ2n) is 3.70. The molecule has 0 atom stereocenters. The predicted octanol–water partition coefficient (Wildman–Crippen LogP) is 0.303. The van der Waals surface area contributed by atoms with Crippen LogP contribution in [0.1, 0.15) is 6.42 Å². The molecule has 1 aromatic rings. The van der Waals surface area contributed by atoms with Crippen LogP contribution in [0.5, 0.6) is 0 Å². The summed E-state index contributed by atoms with van der Waals surface area (Å²) in [6.45, 7) is 1.20. The number of hydrogen-bond acceptors (Lipinski definition) is 4. The van der Waals surface area contributed by atoms with E-state index < -0.39 is 10.0 Å². The minimum atomic E-state index is -3.56. The van der Waals surface area contributed by atoms with Gasteiger partial charge in [-0.25, -0.2) is 8.42 Å². The summed E-state index contributed by atoms with van der Waals surface area (Å²) < 4.78 is 26.9. The number of aromatic nitrogens is 2. The Hall–Kier alpha value is -0.630. The zero-order chi connectivity index (χ0) is 13.1. The average molecular weight is 281 g/mol. The van der Waals surface area contributed by atoms with Crippen molar-refractivity contribution >= 4 is 21.6 Å². The summed E-state index contributed by atoms with van der Waals surface area (Å²) in [4.78, 5) is 0. The van der Waals surface area contributed by atoms with Gasteiger partial charge in [0.1, 0.15) is 0 Å². The summed E-state index contributed by atoms with van der Waals surface area (Å²) in [5.41, 5.74) is 0. The summed E-state index contributed by atoms with van der Waals surface area (Å²) in [7, 11) is 1.35. The first-order valence-corrected chi connectivity index (χ1v) is 7.01. The summed E-state index contributed by atoms with van der Waals surface area (Å²) in [6.07, 6.45) is 2.07. The SMILES string of the molecule is CNCCCN(C)S(=O)(=O)c1c(Cl)cnn1C. The van der Waals surface area contributed by atoms with Crippen molar-refractivity contribution < 1.29 is 8.42 Å². The van der Waals surface area contributed by atoms with Crippen molar-refractivity contribution in [2.45, 2.75) is 11.4 Å². The number of rotatable bonds is 6. The number of aryl methyl sites for hydroxylation is 1. The van der Waals surface area contributed by atoms with Gasteiger partial charge >= 0.3 is 0 Å². The van der Waals surface area contributed by atoms with E-state index in [9.17, 15) is 8.42 Å². The zero-order valence-corrected chi connectivity index (χ0v) is 11.7. The van der Waals surface area contributed by atoms with Gasteiger partial charge in [0, 0.05) is 20.6 Å². The van der Waals surface area contributed by atoms with Crippen LogP contribution in [0.15, 0.2) is 11.2 Å². The van der Waals surface area contributed by atoms with Gasteiger partial charge in [-0.2, -0.15) is 9.40 Å². The molecule has 0 radical (unpaired) electrons.